The third-order valence-corrected chi connectivity index (χ3v) is 7.17. The normalized spacial score (nSPS) is 25.8. The van der Waals surface area contributed by atoms with Crippen LogP contribution in [0.4, 0.5) is 0 Å². The second kappa shape index (κ2) is 7.48. The smallest absolute Gasteiger partial charge is 0.313 e. The molecule has 0 radical (unpaired) electrons. The number of fused-ring (bicyclic) bond motifs is 1. The summed E-state index contributed by atoms with van der Waals surface area (Å²) in [5.74, 6) is 1.17. The third-order valence-electron chi connectivity index (χ3n) is 6.22. The molecule has 2 heterocycles. The summed E-state index contributed by atoms with van der Waals surface area (Å²) in [5, 5.41) is 0.793. The number of thioether (sulfide) groups is 1. The summed E-state index contributed by atoms with van der Waals surface area (Å²) >= 11 is 1.64. The van der Waals surface area contributed by atoms with Crippen LogP contribution in [0.1, 0.15) is 31.4 Å². The molecule has 2 aliphatic rings. The number of hydrogen-bond acceptors (Lipinski definition) is 6. The molecule has 0 unspecified atom stereocenters. The van der Waals surface area contributed by atoms with Crippen molar-refractivity contribution in [3.63, 3.8) is 0 Å². The number of nitrogens with zero attached hydrogens (tertiary/aromatic N) is 3. The second-order valence-electron chi connectivity index (χ2n) is 8.68. The van der Waals surface area contributed by atoms with Gasteiger partial charge in [0, 0.05) is 43.3 Å². The Morgan fingerprint density at radius 2 is 1.93 bits per heavy atom. The minimum Gasteiger partial charge on any atom is -0.469 e. The average molecular weight is 398 g/mol. The molecule has 1 saturated carbocycles. The number of ether oxygens (including phenoxy) is 1. The molecule has 0 bridgehead atoms. The number of esters is 1. The topological polar surface area (TPSA) is 55.3 Å². The van der Waals surface area contributed by atoms with E-state index in [1.54, 1.807) is 11.8 Å². The number of carbonyl (C=O) groups excluding carboxylic acids is 1. The van der Waals surface area contributed by atoms with Crippen LogP contribution in [-0.2, 0) is 21.8 Å². The van der Waals surface area contributed by atoms with Crippen LogP contribution in [-0.4, -0.2) is 41.0 Å². The maximum atomic E-state index is 12.4. The summed E-state index contributed by atoms with van der Waals surface area (Å²) in [5.41, 5.74) is 2.22. The monoisotopic (exact) mass is 397 g/mol. The van der Waals surface area contributed by atoms with E-state index < -0.39 is 0 Å². The lowest BCUT2D eigenvalue weighted by Gasteiger charge is -2.54. The van der Waals surface area contributed by atoms with Gasteiger partial charge in [0.25, 0.3) is 0 Å². The van der Waals surface area contributed by atoms with Crippen molar-refractivity contribution in [1.29, 1.82) is 0 Å². The van der Waals surface area contributed by atoms with Gasteiger partial charge in [-0.25, -0.2) is 9.97 Å². The SMILES string of the molecule is COC(=O)[C@@]12CN(Cc3cnc(SCc4ccccc4)nc3)C[C@@H]1C(C)(C)C2. The van der Waals surface area contributed by atoms with Gasteiger partial charge in [0.1, 0.15) is 0 Å². The molecule has 0 amide bonds. The zero-order valence-corrected chi connectivity index (χ0v) is 17.5. The quantitative estimate of drug-likeness (QED) is 0.420. The second-order valence-corrected chi connectivity index (χ2v) is 9.63. The van der Waals surface area contributed by atoms with Crippen molar-refractivity contribution in [2.45, 2.75) is 37.7 Å². The first-order chi connectivity index (χ1) is 13.4. The van der Waals surface area contributed by atoms with E-state index in [9.17, 15) is 4.79 Å². The molecule has 2 aromatic rings. The predicted octanol–water partition coefficient (Wildman–Crippen LogP) is 3.79. The van der Waals surface area contributed by atoms with Gasteiger partial charge in [-0.05, 0) is 23.3 Å². The fourth-order valence-corrected chi connectivity index (χ4v) is 5.81. The largest absolute Gasteiger partial charge is 0.469 e. The van der Waals surface area contributed by atoms with E-state index >= 15 is 0 Å². The molecule has 5 nitrogen and oxygen atoms in total. The van der Waals surface area contributed by atoms with E-state index in [0.717, 1.165) is 42.5 Å². The van der Waals surface area contributed by atoms with Crippen LogP contribution in [0, 0.1) is 16.7 Å². The van der Waals surface area contributed by atoms with E-state index in [-0.39, 0.29) is 16.8 Å². The van der Waals surface area contributed by atoms with Crippen LogP contribution < -0.4 is 0 Å². The Hall–Kier alpha value is -1.92. The van der Waals surface area contributed by atoms with Crippen molar-refractivity contribution >= 4 is 17.7 Å². The third kappa shape index (κ3) is 3.55. The van der Waals surface area contributed by atoms with Gasteiger partial charge in [-0.3, -0.25) is 9.69 Å². The Morgan fingerprint density at radius 3 is 2.57 bits per heavy atom. The van der Waals surface area contributed by atoms with E-state index in [1.165, 1.54) is 12.7 Å². The summed E-state index contributed by atoms with van der Waals surface area (Å²) in [7, 11) is 1.50. The van der Waals surface area contributed by atoms with Crippen molar-refractivity contribution in [3.05, 3.63) is 53.9 Å². The zero-order valence-electron chi connectivity index (χ0n) is 16.7. The molecular weight excluding hydrogens is 370 g/mol. The number of hydrogen-bond donors (Lipinski definition) is 0. The predicted molar refractivity (Wildman–Crippen MR) is 110 cm³/mol. The molecule has 1 aliphatic carbocycles. The highest BCUT2D eigenvalue weighted by Gasteiger charge is 2.67. The van der Waals surface area contributed by atoms with Crippen LogP contribution in [0.3, 0.4) is 0 Å². The van der Waals surface area contributed by atoms with Gasteiger partial charge in [-0.2, -0.15) is 0 Å². The number of rotatable bonds is 6. The highest BCUT2D eigenvalue weighted by Crippen LogP contribution is 2.63. The molecule has 2 fully saturated rings. The van der Waals surface area contributed by atoms with Gasteiger partial charge in [0.15, 0.2) is 5.16 Å². The molecule has 2 atom stereocenters. The molecule has 0 spiro atoms. The van der Waals surface area contributed by atoms with Gasteiger partial charge >= 0.3 is 5.97 Å². The van der Waals surface area contributed by atoms with Crippen molar-refractivity contribution in [1.82, 2.24) is 14.9 Å². The van der Waals surface area contributed by atoms with Gasteiger partial charge in [0.05, 0.1) is 12.5 Å². The van der Waals surface area contributed by atoms with Gasteiger partial charge in [-0.15, -0.1) is 0 Å². The summed E-state index contributed by atoms with van der Waals surface area (Å²) in [4.78, 5) is 23.8. The summed E-state index contributed by atoms with van der Waals surface area (Å²) in [6.07, 6.45) is 4.73. The summed E-state index contributed by atoms with van der Waals surface area (Å²) in [6.45, 7) is 6.97. The Bertz CT molecular complexity index is 841. The lowest BCUT2D eigenvalue weighted by Crippen LogP contribution is -2.57. The fourth-order valence-electron chi connectivity index (χ4n) is 5.07. The van der Waals surface area contributed by atoms with Crippen LogP contribution in [0.15, 0.2) is 47.9 Å². The van der Waals surface area contributed by atoms with E-state index in [2.05, 4.69) is 40.8 Å². The first kappa shape index (κ1) is 19.4. The van der Waals surface area contributed by atoms with Gasteiger partial charge < -0.3 is 4.74 Å². The first-order valence-electron chi connectivity index (χ1n) is 9.71. The van der Waals surface area contributed by atoms with Crippen LogP contribution in [0.5, 0.6) is 0 Å². The molecule has 1 aromatic heterocycles. The van der Waals surface area contributed by atoms with E-state index in [0.29, 0.717) is 5.92 Å². The van der Waals surface area contributed by atoms with Gasteiger partial charge in [-0.1, -0.05) is 55.9 Å². The molecule has 148 valence electrons. The van der Waals surface area contributed by atoms with Crippen molar-refractivity contribution in [2.24, 2.45) is 16.7 Å². The van der Waals surface area contributed by atoms with Crippen molar-refractivity contribution < 1.29 is 9.53 Å². The fraction of sp³-hybridized carbons (Fsp3) is 0.500. The van der Waals surface area contributed by atoms with E-state index in [1.807, 2.05) is 30.6 Å². The van der Waals surface area contributed by atoms with E-state index in [4.69, 9.17) is 4.74 Å². The molecular formula is C22H27N3O2S. The lowest BCUT2D eigenvalue weighted by atomic mass is 9.48. The molecule has 1 saturated heterocycles. The summed E-state index contributed by atoms with van der Waals surface area (Å²) < 4.78 is 5.14. The van der Waals surface area contributed by atoms with Crippen molar-refractivity contribution in [2.75, 3.05) is 20.2 Å². The molecule has 6 heteroatoms. The average Bonchev–Trinajstić information content (AvgIpc) is 3.02. The Morgan fingerprint density at radius 1 is 1.21 bits per heavy atom. The standard InChI is InChI=1S/C22H27N3O2S/c1-21(2)14-22(19(26)27-3)15-25(12-18(21)22)11-17-9-23-20(24-10-17)28-13-16-7-5-4-6-8-16/h4-10,18H,11-15H2,1-3H3/t18-,22+/m1/s1. The number of likely N-dealkylation sites (tertiary alicyclic amines) is 1. The first-order valence-corrected chi connectivity index (χ1v) is 10.7. The molecule has 4 rings (SSSR count). The van der Waals surface area contributed by atoms with Crippen LogP contribution in [0.25, 0.3) is 0 Å². The maximum Gasteiger partial charge on any atom is 0.313 e. The lowest BCUT2D eigenvalue weighted by molar-refractivity contribution is -0.174. The Labute approximate surface area is 170 Å². The maximum absolute atomic E-state index is 12.4. The van der Waals surface area contributed by atoms with Gasteiger partial charge in [0.2, 0.25) is 0 Å². The summed E-state index contributed by atoms with van der Waals surface area (Å²) in [6, 6.07) is 10.3. The van der Waals surface area contributed by atoms with Crippen LogP contribution >= 0.6 is 11.8 Å². The molecule has 0 N–H and O–H groups in total. The Kier molecular flexibility index (Phi) is 5.19. The molecule has 28 heavy (non-hydrogen) atoms. The van der Waals surface area contributed by atoms with Crippen LogP contribution in [0.2, 0.25) is 0 Å². The number of benzene rings is 1. The van der Waals surface area contributed by atoms with Crippen molar-refractivity contribution in [3.8, 4) is 0 Å². The molecule has 1 aliphatic heterocycles. The number of aromatic nitrogens is 2. The molecule has 1 aromatic carbocycles. The minimum atomic E-state index is -0.329. The zero-order chi connectivity index (χ0) is 19.8. The number of methoxy groups -OCH3 is 1. The number of carbonyl (C=O) groups is 1. The highest BCUT2D eigenvalue weighted by molar-refractivity contribution is 7.98. The minimum absolute atomic E-state index is 0.0526. The Balaban J connectivity index is 1.37. The highest BCUT2D eigenvalue weighted by atomic mass is 32.2.